The summed E-state index contributed by atoms with van der Waals surface area (Å²) in [7, 11) is 0. The van der Waals surface area contributed by atoms with Gasteiger partial charge in [-0.25, -0.2) is 9.97 Å². The van der Waals surface area contributed by atoms with Gasteiger partial charge in [0.25, 0.3) is 0 Å². The van der Waals surface area contributed by atoms with Gasteiger partial charge in [0.05, 0.1) is 12.1 Å². The Kier molecular flexibility index (Phi) is 3.44. The number of hydrogen-bond donors (Lipinski definition) is 3. The molecule has 1 amide bonds. The molecule has 0 radical (unpaired) electrons. The van der Waals surface area contributed by atoms with Crippen LogP contribution in [-0.2, 0) is 6.61 Å². The molecule has 3 aromatic rings. The number of nitrogens with two attached hydrogens (primary N) is 2. The molecule has 1 heterocycles. The highest BCUT2D eigenvalue weighted by Gasteiger charge is 2.14. The van der Waals surface area contributed by atoms with Gasteiger partial charge in [-0.15, -0.1) is 0 Å². The standard InChI is InChI=1S/C16H14N4O2/c17-15-13-5-12(16(18)22)11(6-14(13)19-8-20-15)10-3-1-2-9(4-10)7-21/h1-6,8,21H,7H2,(H2,18,22)(H2,17,19,20). The number of carbonyl (C=O) groups is 1. The van der Waals surface area contributed by atoms with Crippen LogP contribution in [-0.4, -0.2) is 21.0 Å². The highest BCUT2D eigenvalue weighted by atomic mass is 16.3. The molecule has 2 aromatic carbocycles. The lowest BCUT2D eigenvalue weighted by Crippen LogP contribution is -2.13. The molecule has 0 fully saturated rings. The van der Waals surface area contributed by atoms with Crippen LogP contribution in [0.4, 0.5) is 5.82 Å². The summed E-state index contributed by atoms with van der Waals surface area (Å²) in [6.07, 6.45) is 1.37. The molecule has 0 bridgehead atoms. The second-order valence-electron chi connectivity index (χ2n) is 4.90. The van der Waals surface area contributed by atoms with Crippen molar-refractivity contribution in [2.75, 3.05) is 5.73 Å². The van der Waals surface area contributed by atoms with Crippen molar-refractivity contribution in [2.45, 2.75) is 6.61 Å². The normalized spacial score (nSPS) is 10.8. The van der Waals surface area contributed by atoms with Crippen molar-refractivity contribution in [1.29, 1.82) is 0 Å². The van der Waals surface area contributed by atoms with E-state index in [-0.39, 0.29) is 6.61 Å². The van der Waals surface area contributed by atoms with Gasteiger partial charge in [0.2, 0.25) is 5.91 Å². The molecule has 0 saturated carbocycles. The number of hydrogen-bond acceptors (Lipinski definition) is 5. The van der Waals surface area contributed by atoms with E-state index in [2.05, 4.69) is 9.97 Å². The van der Waals surface area contributed by atoms with Crippen LogP contribution in [0.3, 0.4) is 0 Å². The zero-order valence-electron chi connectivity index (χ0n) is 11.7. The quantitative estimate of drug-likeness (QED) is 0.676. The molecule has 1 aromatic heterocycles. The lowest BCUT2D eigenvalue weighted by molar-refractivity contribution is 0.100. The van der Waals surface area contributed by atoms with Crippen molar-refractivity contribution in [2.24, 2.45) is 5.73 Å². The van der Waals surface area contributed by atoms with Crippen LogP contribution in [0.25, 0.3) is 22.0 Å². The first-order valence-corrected chi connectivity index (χ1v) is 6.64. The predicted molar refractivity (Wildman–Crippen MR) is 83.8 cm³/mol. The third-order valence-corrected chi connectivity index (χ3v) is 3.49. The molecule has 0 aliphatic rings. The third-order valence-electron chi connectivity index (χ3n) is 3.49. The molecular weight excluding hydrogens is 280 g/mol. The Balaban J connectivity index is 2.31. The number of carbonyl (C=O) groups excluding carboxylic acids is 1. The average molecular weight is 294 g/mol. The van der Waals surface area contributed by atoms with Crippen molar-refractivity contribution >= 4 is 22.6 Å². The molecule has 6 heteroatoms. The van der Waals surface area contributed by atoms with Crippen molar-refractivity contribution in [1.82, 2.24) is 9.97 Å². The summed E-state index contributed by atoms with van der Waals surface area (Å²) in [6, 6.07) is 10.6. The molecule has 6 nitrogen and oxygen atoms in total. The van der Waals surface area contributed by atoms with E-state index in [0.717, 1.165) is 11.1 Å². The number of rotatable bonds is 3. The van der Waals surface area contributed by atoms with Crippen molar-refractivity contribution in [3.05, 3.63) is 53.9 Å². The SMILES string of the molecule is NC(=O)c1cc2c(N)ncnc2cc1-c1cccc(CO)c1. The molecule has 110 valence electrons. The Bertz CT molecular complexity index is 877. The summed E-state index contributed by atoms with van der Waals surface area (Å²) in [5.74, 6) is -0.266. The minimum atomic E-state index is -0.561. The zero-order chi connectivity index (χ0) is 15.7. The molecule has 0 aliphatic carbocycles. The summed E-state index contributed by atoms with van der Waals surface area (Å²) in [5.41, 5.74) is 14.5. The van der Waals surface area contributed by atoms with Crippen LogP contribution in [0.5, 0.6) is 0 Å². The van der Waals surface area contributed by atoms with Gasteiger partial charge in [0, 0.05) is 10.9 Å². The number of benzene rings is 2. The molecule has 3 rings (SSSR count). The van der Waals surface area contributed by atoms with Crippen LogP contribution in [0, 0.1) is 0 Å². The lowest BCUT2D eigenvalue weighted by atomic mass is 9.96. The van der Waals surface area contributed by atoms with E-state index in [0.29, 0.717) is 27.8 Å². The monoisotopic (exact) mass is 294 g/mol. The minimum absolute atomic E-state index is 0.0809. The molecule has 0 spiro atoms. The van der Waals surface area contributed by atoms with Gasteiger partial charge in [-0.3, -0.25) is 4.79 Å². The van der Waals surface area contributed by atoms with Crippen LogP contribution >= 0.6 is 0 Å². The van der Waals surface area contributed by atoms with Crippen LogP contribution in [0.1, 0.15) is 15.9 Å². The van der Waals surface area contributed by atoms with Gasteiger partial charge >= 0.3 is 0 Å². The highest BCUT2D eigenvalue weighted by molar-refractivity contribution is 6.05. The third kappa shape index (κ3) is 2.36. The fourth-order valence-corrected chi connectivity index (χ4v) is 2.40. The fourth-order valence-electron chi connectivity index (χ4n) is 2.40. The first-order valence-electron chi connectivity index (χ1n) is 6.64. The summed E-state index contributed by atoms with van der Waals surface area (Å²) in [5, 5.41) is 9.85. The Hall–Kier alpha value is -2.99. The van der Waals surface area contributed by atoms with Crippen LogP contribution < -0.4 is 11.5 Å². The number of primary amides is 1. The smallest absolute Gasteiger partial charge is 0.249 e. The molecule has 0 saturated heterocycles. The largest absolute Gasteiger partial charge is 0.392 e. The lowest BCUT2D eigenvalue weighted by Gasteiger charge is -2.11. The van der Waals surface area contributed by atoms with E-state index >= 15 is 0 Å². The van der Waals surface area contributed by atoms with Crippen molar-refractivity contribution < 1.29 is 9.90 Å². The second-order valence-corrected chi connectivity index (χ2v) is 4.90. The van der Waals surface area contributed by atoms with Gasteiger partial charge in [0.15, 0.2) is 0 Å². The molecule has 22 heavy (non-hydrogen) atoms. The van der Waals surface area contributed by atoms with E-state index in [1.165, 1.54) is 6.33 Å². The van der Waals surface area contributed by atoms with Gasteiger partial charge in [-0.2, -0.15) is 0 Å². The summed E-state index contributed by atoms with van der Waals surface area (Å²) in [6.45, 7) is -0.0809. The summed E-state index contributed by atoms with van der Waals surface area (Å²) < 4.78 is 0. The van der Waals surface area contributed by atoms with E-state index in [1.807, 2.05) is 12.1 Å². The molecule has 0 atom stereocenters. The predicted octanol–water partition coefficient (Wildman–Crippen LogP) is 1.47. The van der Waals surface area contributed by atoms with E-state index in [4.69, 9.17) is 11.5 Å². The first-order chi connectivity index (χ1) is 10.6. The number of nitrogens with zero attached hydrogens (tertiary/aromatic N) is 2. The number of nitrogen functional groups attached to an aromatic ring is 1. The number of aromatic nitrogens is 2. The van der Waals surface area contributed by atoms with Crippen LogP contribution in [0.15, 0.2) is 42.7 Å². The van der Waals surface area contributed by atoms with E-state index in [9.17, 15) is 9.90 Å². The number of fused-ring (bicyclic) bond motifs is 1. The average Bonchev–Trinajstić information content (AvgIpc) is 2.54. The Labute approximate surface area is 126 Å². The zero-order valence-corrected chi connectivity index (χ0v) is 11.7. The Morgan fingerprint density at radius 1 is 1.18 bits per heavy atom. The van der Waals surface area contributed by atoms with Gasteiger partial charge in [0.1, 0.15) is 12.1 Å². The van der Waals surface area contributed by atoms with E-state index < -0.39 is 5.91 Å². The number of aliphatic hydroxyl groups is 1. The van der Waals surface area contributed by atoms with Crippen molar-refractivity contribution in [3.8, 4) is 11.1 Å². The van der Waals surface area contributed by atoms with Crippen molar-refractivity contribution in [3.63, 3.8) is 0 Å². The summed E-state index contributed by atoms with van der Waals surface area (Å²) >= 11 is 0. The Morgan fingerprint density at radius 2 is 2.00 bits per heavy atom. The maximum absolute atomic E-state index is 11.8. The van der Waals surface area contributed by atoms with E-state index in [1.54, 1.807) is 24.3 Å². The fraction of sp³-hybridized carbons (Fsp3) is 0.0625. The molecule has 0 unspecified atom stereocenters. The minimum Gasteiger partial charge on any atom is -0.392 e. The molecular formula is C16H14N4O2. The van der Waals surface area contributed by atoms with Gasteiger partial charge < -0.3 is 16.6 Å². The first kappa shape index (κ1) is 14.0. The highest BCUT2D eigenvalue weighted by Crippen LogP contribution is 2.30. The number of anilines is 1. The Morgan fingerprint density at radius 3 is 2.73 bits per heavy atom. The second kappa shape index (κ2) is 5.42. The number of aliphatic hydroxyl groups excluding tert-OH is 1. The maximum Gasteiger partial charge on any atom is 0.249 e. The van der Waals surface area contributed by atoms with Gasteiger partial charge in [-0.1, -0.05) is 18.2 Å². The summed E-state index contributed by atoms with van der Waals surface area (Å²) in [4.78, 5) is 19.9. The van der Waals surface area contributed by atoms with Gasteiger partial charge in [-0.05, 0) is 34.9 Å². The molecule has 5 N–H and O–H groups in total. The van der Waals surface area contributed by atoms with Crippen LogP contribution in [0.2, 0.25) is 0 Å². The number of amides is 1. The molecule has 0 aliphatic heterocycles. The maximum atomic E-state index is 11.8. The topological polar surface area (TPSA) is 115 Å².